The molecule has 0 saturated carbocycles. The maximum atomic E-state index is 12.2. The molecule has 0 atom stereocenters. The molecule has 120 valence electrons. The van der Waals surface area contributed by atoms with Gasteiger partial charge in [0.05, 0.1) is 22.8 Å². The fourth-order valence-corrected chi connectivity index (χ4v) is 2.99. The summed E-state index contributed by atoms with van der Waals surface area (Å²) in [5, 5.41) is 3.64. The highest BCUT2D eigenvalue weighted by atomic mass is 35.5. The van der Waals surface area contributed by atoms with Crippen molar-refractivity contribution in [2.24, 2.45) is 0 Å². The van der Waals surface area contributed by atoms with Crippen molar-refractivity contribution in [3.63, 3.8) is 0 Å². The molecule has 5 nitrogen and oxygen atoms in total. The molecule has 1 saturated heterocycles. The van der Waals surface area contributed by atoms with Crippen molar-refractivity contribution in [2.45, 2.75) is 19.4 Å². The largest absolute Gasteiger partial charge is 0.346 e. The Morgan fingerprint density at radius 2 is 2.00 bits per heavy atom. The minimum Gasteiger partial charge on any atom is -0.346 e. The molecule has 0 radical (unpaired) electrons. The van der Waals surface area contributed by atoms with Crippen LogP contribution in [0.2, 0.25) is 10.0 Å². The second-order valence-electron chi connectivity index (χ2n) is 5.35. The molecule has 1 N–H and O–H groups in total. The van der Waals surface area contributed by atoms with Crippen LogP contribution in [-0.4, -0.2) is 29.0 Å². The molecule has 0 aliphatic carbocycles. The molecular weight excluding hydrogens is 335 g/mol. The first kappa shape index (κ1) is 16.0. The Kier molecular flexibility index (Phi) is 4.98. The Balaban J connectivity index is 1.65. The number of nitrogens with one attached hydrogen (secondary N) is 1. The Labute approximate surface area is 144 Å². The molecule has 7 heteroatoms. The summed E-state index contributed by atoms with van der Waals surface area (Å²) in [6.07, 6.45) is 4.05. The molecule has 23 heavy (non-hydrogen) atoms. The van der Waals surface area contributed by atoms with Crippen LogP contribution in [0.25, 0.3) is 0 Å². The molecule has 1 amide bonds. The summed E-state index contributed by atoms with van der Waals surface area (Å²) in [6, 6.07) is 6.59. The van der Waals surface area contributed by atoms with E-state index in [1.807, 2.05) is 0 Å². The molecule has 3 rings (SSSR count). The van der Waals surface area contributed by atoms with Crippen LogP contribution in [0.1, 0.15) is 28.9 Å². The zero-order chi connectivity index (χ0) is 16.2. The van der Waals surface area contributed by atoms with Crippen molar-refractivity contribution in [1.29, 1.82) is 0 Å². The molecule has 2 aromatic rings. The normalized spacial score (nSPS) is 14.1. The fraction of sp³-hybridized carbons (Fsp3) is 0.312. The highest BCUT2D eigenvalue weighted by molar-refractivity contribution is 6.36. The van der Waals surface area contributed by atoms with E-state index in [2.05, 4.69) is 20.2 Å². The van der Waals surface area contributed by atoms with Gasteiger partial charge in [0.2, 0.25) is 5.95 Å². The van der Waals surface area contributed by atoms with Crippen LogP contribution in [0.3, 0.4) is 0 Å². The molecule has 1 aromatic carbocycles. The number of hydrogen-bond acceptors (Lipinski definition) is 4. The lowest BCUT2D eigenvalue weighted by molar-refractivity contribution is 0.0950. The van der Waals surface area contributed by atoms with Gasteiger partial charge < -0.3 is 10.2 Å². The first-order valence-electron chi connectivity index (χ1n) is 7.43. The van der Waals surface area contributed by atoms with E-state index in [9.17, 15) is 4.79 Å². The summed E-state index contributed by atoms with van der Waals surface area (Å²) in [6.45, 7) is 2.29. The van der Waals surface area contributed by atoms with Gasteiger partial charge in [-0.05, 0) is 37.1 Å². The lowest BCUT2D eigenvalue weighted by Crippen LogP contribution is -2.25. The van der Waals surface area contributed by atoms with Crippen LogP contribution in [-0.2, 0) is 6.54 Å². The van der Waals surface area contributed by atoms with Crippen LogP contribution >= 0.6 is 23.2 Å². The van der Waals surface area contributed by atoms with E-state index >= 15 is 0 Å². The molecule has 2 heterocycles. The monoisotopic (exact) mass is 350 g/mol. The second-order valence-corrected chi connectivity index (χ2v) is 6.19. The lowest BCUT2D eigenvalue weighted by atomic mass is 10.2. The van der Waals surface area contributed by atoms with E-state index < -0.39 is 0 Å². The van der Waals surface area contributed by atoms with E-state index in [-0.39, 0.29) is 5.91 Å². The van der Waals surface area contributed by atoms with Crippen molar-refractivity contribution in [2.75, 3.05) is 18.0 Å². The molecule has 1 aromatic heterocycles. The van der Waals surface area contributed by atoms with Crippen LogP contribution in [0, 0.1) is 0 Å². The number of amides is 1. The number of hydrogen-bond donors (Lipinski definition) is 1. The predicted molar refractivity (Wildman–Crippen MR) is 91.1 cm³/mol. The molecule has 1 fully saturated rings. The van der Waals surface area contributed by atoms with Gasteiger partial charge in [0.15, 0.2) is 0 Å². The van der Waals surface area contributed by atoms with E-state index in [1.54, 1.807) is 30.5 Å². The zero-order valence-electron chi connectivity index (χ0n) is 12.4. The number of benzene rings is 1. The van der Waals surface area contributed by atoms with Crippen LogP contribution in [0.4, 0.5) is 5.95 Å². The number of carbonyl (C=O) groups is 1. The zero-order valence-corrected chi connectivity index (χ0v) is 13.9. The quantitative estimate of drug-likeness (QED) is 0.918. The Morgan fingerprint density at radius 3 is 2.74 bits per heavy atom. The van der Waals surface area contributed by atoms with Gasteiger partial charge in [0.1, 0.15) is 0 Å². The molecule has 0 spiro atoms. The van der Waals surface area contributed by atoms with Gasteiger partial charge in [-0.3, -0.25) is 4.79 Å². The van der Waals surface area contributed by atoms with E-state index in [0.717, 1.165) is 24.7 Å². The average molecular weight is 351 g/mol. The average Bonchev–Trinajstić information content (AvgIpc) is 3.07. The molecule has 1 aliphatic rings. The number of halogens is 2. The third kappa shape index (κ3) is 3.92. The highest BCUT2D eigenvalue weighted by Crippen LogP contribution is 2.21. The van der Waals surface area contributed by atoms with E-state index in [0.29, 0.717) is 22.2 Å². The Bertz CT molecular complexity index is 717. The number of aromatic nitrogens is 2. The summed E-state index contributed by atoms with van der Waals surface area (Å²) in [5.74, 6) is 0.465. The second kappa shape index (κ2) is 7.15. The van der Waals surface area contributed by atoms with Crippen LogP contribution in [0.15, 0.2) is 30.5 Å². The van der Waals surface area contributed by atoms with Gasteiger partial charge in [-0.15, -0.1) is 0 Å². The maximum absolute atomic E-state index is 12.2. The SMILES string of the molecule is O=C(NCc1ccnc(N2CCCC2)n1)c1ccc(Cl)cc1Cl. The lowest BCUT2D eigenvalue weighted by Gasteiger charge is -2.15. The third-order valence-corrected chi connectivity index (χ3v) is 4.24. The first-order valence-corrected chi connectivity index (χ1v) is 8.19. The summed E-state index contributed by atoms with van der Waals surface area (Å²) >= 11 is 11.9. The van der Waals surface area contributed by atoms with Crippen LogP contribution < -0.4 is 10.2 Å². The third-order valence-electron chi connectivity index (χ3n) is 3.70. The van der Waals surface area contributed by atoms with Crippen molar-refractivity contribution in [3.8, 4) is 0 Å². The minimum atomic E-state index is -0.256. The van der Waals surface area contributed by atoms with Gasteiger partial charge in [-0.2, -0.15) is 0 Å². The highest BCUT2D eigenvalue weighted by Gasteiger charge is 2.15. The number of anilines is 1. The van der Waals surface area contributed by atoms with Gasteiger partial charge in [0, 0.05) is 24.3 Å². The van der Waals surface area contributed by atoms with Crippen molar-refractivity contribution < 1.29 is 4.79 Å². The molecular formula is C16H16Cl2N4O. The molecule has 0 unspecified atom stereocenters. The van der Waals surface area contributed by atoms with Gasteiger partial charge in [-0.25, -0.2) is 9.97 Å². The number of rotatable bonds is 4. The minimum absolute atomic E-state index is 0.256. The Hall–Kier alpha value is -1.85. The van der Waals surface area contributed by atoms with Crippen molar-refractivity contribution >= 4 is 35.1 Å². The summed E-state index contributed by atoms with van der Waals surface area (Å²) in [5.41, 5.74) is 1.16. The van der Waals surface area contributed by atoms with E-state index in [4.69, 9.17) is 23.2 Å². The Morgan fingerprint density at radius 1 is 1.22 bits per heavy atom. The maximum Gasteiger partial charge on any atom is 0.253 e. The standard InChI is InChI=1S/C16H16Cl2N4O/c17-11-3-4-13(14(18)9-11)15(23)20-10-12-5-6-19-16(21-12)22-7-1-2-8-22/h3-6,9H,1-2,7-8,10H2,(H,20,23). The topological polar surface area (TPSA) is 58.1 Å². The van der Waals surface area contributed by atoms with Gasteiger partial charge in [0.25, 0.3) is 5.91 Å². The summed E-state index contributed by atoms with van der Waals surface area (Å²) < 4.78 is 0. The fourth-order valence-electron chi connectivity index (χ4n) is 2.49. The number of carbonyl (C=O) groups excluding carboxylic acids is 1. The molecule has 0 bridgehead atoms. The predicted octanol–water partition coefficient (Wildman–Crippen LogP) is 3.31. The van der Waals surface area contributed by atoms with E-state index in [1.165, 1.54) is 12.8 Å². The first-order chi connectivity index (χ1) is 11.1. The van der Waals surface area contributed by atoms with Gasteiger partial charge in [-0.1, -0.05) is 23.2 Å². The van der Waals surface area contributed by atoms with Crippen LogP contribution in [0.5, 0.6) is 0 Å². The summed E-state index contributed by atoms with van der Waals surface area (Å²) in [4.78, 5) is 23.2. The van der Waals surface area contributed by atoms with Crippen molar-refractivity contribution in [1.82, 2.24) is 15.3 Å². The summed E-state index contributed by atoms with van der Waals surface area (Å²) in [7, 11) is 0. The molecule has 1 aliphatic heterocycles. The smallest absolute Gasteiger partial charge is 0.253 e. The van der Waals surface area contributed by atoms with Gasteiger partial charge >= 0.3 is 0 Å². The number of nitrogens with zero attached hydrogens (tertiary/aromatic N) is 3. The van der Waals surface area contributed by atoms with Crippen molar-refractivity contribution in [3.05, 3.63) is 51.8 Å².